The van der Waals surface area contributed by atoms with Crippen molar-refractivity contribution in [1.29, 1.82) is 0 Å². The van der Waals surface area contributed by atoms with Gasteiger partial charge in [-0.1, -0.05) is 121 Å². The molecule has 2 heterocycles. The van der Waals surface area contributed by atoms with Crippen molar-refractivity contribution in [2.45, 2.75) is 12.5 Å². The van der Waals surface area contributed by atoms with E-state index < -0.39 is 0 Å². The number of benzene rings is 5. The summed E-state index contributed by atoms with van der Waals surface area (Å²) in [6, 6.07) is 45.4. The van der Waals surface area contributed by atoms with E-state index in [0.717, 1.165) is 56.4 Å². The fourth-order valence-corrected chi connectivity index (χ4v) is 5.44. The second kappa shape index (κ2) is 12.0. The summed E-state index contributed by atoms with van der Waals surface area (Å²) in [7, 11) is 0. The first kappa shape index (κ1) is 26.7. The van der Waals surface area contributed by atoms with Crippen molar-refractivity contribution in [3.8, 4) is 22.8 Å². The minimum Gasteiger partial charge on any atom is -0.436 e. The molecule has 43 heavy (non-hydrogen) atoms. The quantitative estimate of drug-likeness (QED) is 0.177. The molecule has 0 spiro atoms. The number of aromatic nitrogens is 1. The van der Waals surface area contributed by atoms with Crippen molar-refractivity contribution >= 4 is 35.2 Å². The largest absolute Gasteiger partial charge is 0.436 e. The van der Waals surface area contributed by atoms with Gasteiger partial charge < -0.3 is 4.42 Å². The molecule has 6 aromatic rings. The second-order valence-electron chi connectivity index (χ2n) is 10.5. The van der Waals surface area contributed by atoms with E-state index in [9.17, 15) is 0 Å². The van der Waals surface area contributed by atoms with E-state index in [-0.39, 0.29) is 6.04 Å². The lowest BCUT2D eigenvalue weighted by molar-refractivity contribution is 0.589. The predicted molar refractivity (Wildman–Crippen MR) is 177 cm³/mol. The van der Waals surface area contributed by atoms with E-state index >= 15 is 0 Å². The van der Waals surface area contributed by atoms with Crippen molar-refractivity contribution in [1.82, 2.24) is 4.98 Å². The van der Waals surface area contributed by atoms with Gasteiger partial charge in [-0.25, -0.2) is 4.98 Å². The monoisotopic (exact) mass is 577 g/mol. The maximum Gasteiger partial charge on any atom is 0.226 e. The van der Waals surface area contributed by atoms with E-state index in [1.807, 2.05) is 72.8 Å². The Bertz CT molecular complexity index is 1880. The van der Waals surface area contributed by atoms with Crippen LogP contribution in [0.1, 0.15) is 34.7 Å². The van der Waals surface area contributed by atoms with Gasteiger partial charge in [0.1, 0.15) is 0 Å². The van der Waals surface area contributed by atoms with Crippen LogP contribution in [-0.2, 0) is 0 Å². The van der Waals surface area contributed by atoms with Crippen molar-refractivity contribution < 1.29 is 4.42 Å². The lowest BCUT2D eigenvalue weighted by atomic mass is 9.98. The molecule has 1 atom stereocenters. The molecule has 7 rings (SSSR count). The van der Waals surface area contributed by atoms with Crippen LogP contribution in [0.5, 0.6) is 0 Å². The summed E-state index contributed by atoms with van der Waals surface area (Å²) in [6.07, 6.45) is 6.84. The first-order chi connectivity index (χ1) is 21.2. The normalized spacial score (nSPS) is 14.8. The molecule has 0 N–H and O–H groups in total. The SMILES string of the molecule is Clc1ccc(C2=NN(c3ccc(/C=C/c4ccc(-c5ncc(-c6ccccc6)o5)cc4)cc3)C(c3ccccc3)C2)cc1. The zero-order valence-corrected chi connectivity index (χ0v) is 24.1. The Morgan fingerprint density at radius 3 is 1.93 bits per heavy atom. The van der Waals surface area contributed by atoms with E-state index in [1.54, 1.807) is 6.20 Å². The fourth-order valence-electron chi connectivity index (χ4n) is 5.31. The number of nitrogens with zero attached hydrogens (tertiary/aromatic N) is 3. The Morgan fingerprint density at radius 2 is 1.26 bits per heavy atom. The molecule has 0 aliphatic carbocycles. The maximum absolute atomic E-state index is 6.14. The molecule has 0 bridgehead atoms. The summed E-state index contributed by atoms with van der Waals surface area (Å²) in [5, 5.41) is 7.93. The van der Waals surface area contributed by atoms with Gasteiger partial charge >= 0.3 is 0 Å². The summed E-state index contributed by atoms with van der Waals surface area (Å²) in [5.41, 5.74) is 8.62. The Balaban J connectivity index is 1.07. The average Bonchev–Trinajstić information content (AvgIpc) is 3.75. The topological polar surface area (TPSA) is 41.6 Å². The molecular weight excluding hydrogens is 550 g/mol. The third-order valence-electron chi connectivity index (χ3n) is 7.62. The van der Waals surface area contributed by atoms with Gasteiger partial charge in [0.25, 0.3) is 0 Å². The third-order valence-corrected chi connectivity index (χ3v) is 7.87. The van der Waals surface area contributed by atoms with Crippen molar-refractivity contribution in [2.24, 2.45) is 5.10 Å². The molecule has 5 aromatic carbocycles. The van der Waals surface area contributed by atoms with Crippen LogP contribution in [0.4, 0.5) is 5.69 Å². The number of hydrazone groups is 1. The zero-order valence-electron chi connectivity index (χ0n) is 23.3. The van der Waals surface area contributed by atoms with Crippen molar-refractivity contribution in [3.05, 3.63) is 167 Å². The first-order valence-electron chi connectivity index (χ1n) is 14.3. The Hall–Kier alpha value is -5.19. The number of rotatable bonds is 7. The Morgan fingerprint density at radius 1 is 0.651 bits per heavy atom. The van der Waals surface area contributed by atoms with Crippen LogP contribution < -0.4 is 5.01 Å². The number of oxazole rings is 1. The lowest BCUT2D eigenvalue weighted by Gasteiger charge is -2.24. The highest BCUT2D eigenvalue weighted by atomic mass is 35.5. The molecule has 1 aliphatic heterocycles. The fraction of sp³-hybridized carbons (Fsp3) is 0.0526. The number of hydrogen-bond donors (Lipinski definition) is 0. The molecular formula is C38H28ClN3O. The Kier molecular flexibility index (Phi) is 7.43. The molecule has 4 nitrogen and oxygen atoms in total. The molecule has 208 valence electrons. The summed E-state index contributed by atoms with van der Waals surface area (Å²) < 4.78 is 6.00. The van der Waals surface area contributed by atoms with E-state index in [0.29, 0.717) is 5.89 Å². The smallest absolute Gasteiger partial charge is 0.226 e. The highest BCUT2D eigenvalue weighted by Gasteiger charge is 2.29. The van der Waals surface area contributed by atoms with Crippen LogP contribution in [0.25, 0.3) is 34.9 Å². The summed E-state index contributed by atoms with van der Waals surface area (Å²) in [4.78, 5) is 4.47. The van der Waals surface area contributed by atoms with Gasteiger partial charge in [-0.2, -0.15) is 5.10 Å². The van der Waals surface area contributed by atoms with E-state index in [2.05, 4.69) is 82.8 Å². The van der Waals surface area contributed by atoms with E-state index in [4.69, 9.17) is 21.1 Å². The van der Waals surface area contributed by atoms with Crippen molar-refractivity contribution in [3.63, 3.8) is 0 Å². The third kappa shape index (κ3) is 5.92. The van der Waals surface area contributed by atoms with Gasteiger partial charge in [-0.05, 0) is 58.7 Å². The molecule has 1 aliphatic rings. The lowest BCUT2D eigenvalue weighted by Crippen LogP contribution is -2.18. The molecule has 0 amide bonds. The molecule has 0 radical (unpaired) electrons. The van der Waals surface area contributed by atoms with Crippen LogP contribution in [0.15, 0.2) is 149 Å². The second-order valence-corrected chi connectivity index (χ2v) is 10.9. The molecule has 0 saturated carbocycles. The summed E-state index contributed by atoms with van der Waals surface area (Å²) in [5.74, 6) is 1.38. The first-order valence-corrected chi connectivity index (χ1v) is 14.6. The Labute approximate surface area is 256 Å². The van der Waals surface area contributed by atoms with Gasteiger partial charge in [0.15, 0.2) is 5.76 Å². The van der Waals surface area contributed by atoms with Gasteiger partial charge in [0, 0.05) is 22.6 Å². The number of anilines is 1. The molecule has 5 heteroatoms. The predicted octanol–water partition coefficient (Wildman–Crippen LogP) is 10.2. The van der Waals surface area contributed by atoms with E-state index in [1.165, 1.54) is 5.56 Å². The molecule has 1 aromatic heterocycles. The van der Waals surface area contributed by atoms with Gasteiger partial charge in [0.05, 0.1) is 23.6 Å². The molecule has 0 fully saturated rings. The van der Waals surface area contributed by atoms with Crippen LogP contribution in [0.2, 0.25) is 5.02 Å². The standard InChI is InChI=1S/C38H28ClN3O/c39-33-21-19-29(20-22-33)35-25-36(30-7-3-1-4-8-30)42(41-35)34-23-15-28(16-24-34)12-11-27-13-17-32(18-14-27)38-40-26-37(43-38)31-9-5-2-6-10-31/h1-24,26,36H,25H2/b12-11+. The highest BCUT2D eigenvalue weighted by molar-refractivity contribution is 6.30. The van der Waals surface area contributed by atoms with Crippen LogP contribution in [0, 0.1) is 0 Å². The van der Waals surface area contributed by atoms with Gasteiger partial charge in [0.2, 0.25) is 5.89 Å². The van der Waals surface area contributed by atoms with Crippen LogP contribution in [-0.4, -0.2) is 10.7 Å². The zero-order chi connectivity index (χ0) is 29.0. The summed E-state index contributed by atoms with van der Waals surface area (Å²) >= 11 is 6.14. The van der Waals surface area contributed by atoms with Crippen LogP contribution >= 0.6 is 11.6 Å². The number of hydrogen-bond acceptors (Lipinski definition) is 4. The van der Waals surface area contributed by atoms with Gasteiger partial charge in [-0.15, -0.1) is 0 Å². The van der Waals surface area contributed by atoms with Gasteiger partial charge in [-0.3, -0.25) is 5.01 Å². The minimum atomic E-state index is 0.124. The maximum atomic E-state index is 6.14. The van der Waals surface area contributed by atoms with Crippen LogP contribution in [0.3, 0.4) is 0 Å². The summed E-state index contributed by atoms with van der Waals surface area (Å²) in [6.45, 7) is 0. The molecule has 0 saturated heterocycles. The molecule has 1 unspecified atom stereocenters. The average molecular weight is 578 g/mol. The van der Waals surface area contributed by atoms with Crippen molar-refractivity contribution in [2.75, 3.05) is 5.01 Å². The number of halogens is 1. The minimum absolute atomic E-state index is 0.124. The highest BCUT2D eigenvalue weighted by Crippen LogP contribution is 2.37.